The first-order valence-electron chi connectivity index (χ1n) is 11.5. The molecular weight excluding hydrogens is 518 g/mol. The Labute approximate surface area is 220 Å². The third-order valence-electron chi connectivity index (χ3n) is 5.71. The van der Waals surface area contributed by atoms with Crippen molar-refractivity contribution in [3.05, 3.63) is 89.8 Å². The number of carbonyl (C=O) groups excluding carboxylic acids is 3. The predicted octanol–water partition coefficient (Wildman–Crippen LogP) is 2.10. The van der Waals surface area contributed by atoms with E-state index in [0.717, 1.165) is 18.2 Å². The van der Waals surface area contributed by atoms with Crippen molar-refractivity contribution in [2.45, 2.75) is 24.7 Å². The molecule has 0 bridgehead atoms. The topological polar surface area (TPSA) is 156 Å². The number of carbonyl (C=O) groups is 4. The standard InChI is InChI=1S/C26H22F2N4O7/c27-17-2-1-3-18(28)20(17)32-25(35)22-21(38-13-39-22)24(34)31-19(26(36)37)12-14-4-6-16(7-5-14)30-23(33)15-8-10-29-11-9-15/h1-11,19,21-22H,12-13H2,(H,30,33)(H,31,34)(H,32,35)(H,36,37)/t19-,21+,22+/m0/s1. The van der Waals surface area contributed by atoms with Crippen molar-refractivity contribution in [3.63, 3.8) is 0 Å². The average Bonchev–Trinajstić information content (AvgIpc) is 3.42. The van der Waals surface area contributed by atoms with E-state index in [1.165, 1.54) is 12.4 Å². The third kappa shape index (κ3) is 6.77. The Morgan fingerprint density at radius 1 is 0.897 bits per heavy atom. The van der Waals surface area contributed by atoms with Gasteiger partial charge in [0.05, 0.1) is 0 Å². The van der Waals surface area contributed by atoms with Gasteiger partial charge in [0.15, 0.2) is 12.2 Å². The second-order valence-corrected chi connectivity index (χ2v) is 8.37. The van der Waals surface area contributed by atoms with E-state index in [0.29, 0.717) is 16.8 Å². The molecule has 3 aromatic rings. The van der Waals surface area contributed by atoms with Gasteiger partial charge in [-0.05, 0) is 42.0 Å². The number of nitrogens with zero attached hydrogens (tertiary/aromatic N) is 1. The molecule has 1 aliphatic heterocycles. The maximum atomic E-state index is 13.9. The summed E-state index contributed by atoms with van der Waals surface area (Å²) < 4.78 is 38.0. The normalized spacial score (nSPS) is 17.2. The summed E-state index contributed by atoms with van der Waals surface area (Å²) in [5, 5.41) is 16.7. The molecule has 1 aromatic heterocycles. The lowest BCUT2D eigenvalue weighted by atomic mass is 10.0. The zero-order valence-corrected chi connectivity index (χ0v) is 20.1. The van der Waals surface area contributed by atoms with Gasteiger partial charge in [0.1, 0.15) is 30.2 Å². The molecule has 0 radical (unpaired) electrons. The SMILES string of the molecule is O=C(Nc1ccc(C[C@H](NC(=O)[C@@H]2OCO[C@H]2C(=O)Nc2c(F)cccc2F)C(=O)O)cc1)c1ccncc1. The summed E-state index contributed by atoms with van der Waals surface area (Å²) in [5.74, 6) is -5.78. The number of aromatic nitrogens is 1. The van der Waals surface area contributed by atoms with E-state index in [1.807, 2.05) is 5.32 Å². The summed E-state index contributed by atoms with van der Waals surface area (Å²) in [7, 11) is 0. The number of halogens is 2. The molecule has 11 nitrogen and oxygen atoms in total. The Bertz CT molecular complexity index is 1350. The quantitative estimate of drug-likeness (QED) is 0.322. The molecule has 2 aromatic carbocycles. The van der Waals surface area contributed by atoms with Crippen LogP contribution in [0.25, 0.3) is 0 Å². The lowest BCUT2D eigenvalue weighted by Crippen LogP contribution is -2.51. The number of carboxylic acid groups (broad SMARTS) is 1. The lowest BCUT2D eigenvalue weighted by molar-refractivity contribution is -0.144. The van der Waals surface area contributed by atoms with Crippen LogP contribution in [0, 0.1) is 11.6 Å². The summed E-state index contributed by atoms with van der Waals surface area (Å²) in [4.78, 5) is 53.3. The van der Waals surface area contributed by atoms with E-state index >= 15 is 0 Å². The lowest BCUT2D eigenvalue weighted by Gasteiger charge is -2.20. The first kappa shape index (κ1) is 27.3. The number of amides is 3. The third-order valence-corrected chi connectivity index (χ3v) is 5.71. The number of carboxylic acids is 1. The van der Waals surface area contributed by atoms with Gasteiger partial charge in [0.2, 0.25) is 0 Å². The zero-order chi connectivity index (χ0) is 27.9. The number of hydrogen-bond donors (Lipinski definition) is 4. The Balaban J connectivity index is 1.37. The summed E-state index contributed by atoms with van der Waals surface area (Å²) in [6.07, 6.45) is -0.309. The van der Waals surface area contributed by atoms with Crippen LogP contribution < -0.4 is 16.0 Å². The second-order valence-electron chi connectivity index (χ2n) is 8.37. The largest absolute Gasteiger partial charge is 0.480 e. The van der Waals surface area contributed by atoms with Crippen molar-refractivity contribution < 1.29 is 42.5 Å². The van der Waals surface area contributed by atoms with Crippen LogP contribution in [-0.4, -0.2) is 58.8 Å². The Morgan fingerprint density at radius 3 is 2.13 bits per heavy atom. The van der Waals surface area contributed by atoms with Gasteiger partial charge in [-0.25, -0.2) is 13.6 Å². The molecule has 1 fully saturated rings. The van der Waals surface area contributed by atoms with E-state index in [2.05, 4.69) is 15.6 Å². The van der Waals surface area contributed by atoms with Crippen LogP contribution in [0.4, 0.5) is 20.2 Å². The molecule has 13 heteroatoms. The molecule has 1 saturated heterocycles. The smallest absolute Gasteiger partial charge is 0.326 e. The molecule has 4 rings (SSSR count). The minimum absolute atomic E-state index is 0.134. The number of nitrogens with one attached hydrogen (secondary N) is 3. The molecule has 39 heavy (non-hydrogen) atoms. The first-order chi connectivity index (χ1) is 18.7. The number of benzene rings is 2. The van der Waals surface area contributed by atoms with Gasteiger partial charge in [-0.1, -0.05) is 18.2 Å². The molecular formula is C26H22F2N4O7. The van der Waals surface area contributed by atoms with E-state index < -0.39 is 60.1 Å². The summed E-state index contributed by atoms with van der Waals surface area (Å²) in [5.41, 5.74) is 0.679. The number of ether oxygens (including phenoxy) is 2. The van der Waals surface area contributed by atoms with E-state index in [-0.39, 0.29) is 12.3 Å². The van der Waals surface area contributed by atoms with Crippen molar-refractivity contribution in [2.75, 3.05) is 17.4 Å². The number of hydrogen-bond acceptors (Lipinski definition) is 7. The van der Waals surface area contributed by atoms with Crippen LogP contribution in [-0.2, 0) is 30.3 Å². The molecule has 0 saturated carbocycles. The number of pyridine rings is 1. The van der Waals surface area contributed by atoms with Crippen LogP contribution in [0.5, 0.6) is 0 Å². The number of para-hydroxylation sites is 1. The zero-order valence-electron chi connectivity index (χ0n) is 20.1. The molecule has 3 amide bonds. The molecule has 2 heterocycles. The highest BCUT2D eigenvalue weighted by atomic mass is 19.1. The van der Waals surface area contributed by atoms with Crippen LogP contribution in [0.15, 0.2) is 67.0 Å². The van der Waals surface area contributed by atoms with Crippen molar-refractivity contribution in [3.8, 4) is 0 Å². The monoisotopic (exact) mass is 540 g/mol. The fourth-order valence-corrected chi connectivity index (χ4v) is 3.72. The number of aliphatic carboxylic acids is 1. The van der Waals surface area contributed by atoms with Crippen LogP contribution in [0.1, 0.15) is 15.9 Å². The molecule has 202 valence electrons. The average molecular weight is 540 g/mol. The van der Waals surface area contributed by atoms with Gasteiger partial charge in [-0.15, -0.1) is 0 Å². The number of anilines is 2. The Hall–Kier alpha value is -4.75. The predicted molar refractivity (Wildman–Crippen MR) is 132 cm³/mol. The summed E-state index contributed by atoms with van der Waals surface area (Å²) in [6, 6.07) is 11.0. The van der Waals surface area contributed by atoms with Crippen LogP contribution in [0.3, 0.4) is 0 Å². The highest BCUT2D eigenvalue weighted by molar-refractivity contribution is 6.04. The van der Waals surface area contributed by atoms with Crippen LogP contribution >= 0.6 is 0 Å². The fourth-order valence-electron chi connectivity index (χ4n) is 3.72. The van der Waals surface area contributed by atoms with Gasteiger partial charge in [0.25, 0.3) is 17.7 Å². The minimum Gasteiger partial charge on any atom is -0.480 e. The van der Waals surface area contributed by atoms with Crippen molar-refractivity contribution in [1.29, 1.82) is 0 Å². The highest BCUT2D eigenvalue weighted by Gasteiger charge is 2.42. The minimum atomic E-state index is -1.58. The van der Waals surface area contributed by atoms with Gasteiger partial charge in [-0.3, -0.25) is 19.4 Å². The molecule has 0 unspecified atom stereocenters. The first-order valence-corrected chi connectivity index (χ1v) is 11.5. The van der Waals surface area contributed by atoms with E-state index in [4.69, 9.17) is 9.47 Å². The Kier molecular flexibility index (Phi) is 8.53. The van der Waals surface area contributed by atoms with E-state index in [9.17, 15) is 33.1 Å². The van der Waals surface area contributed by atoms with Crippen molar-refractivity contribution in [2.24, 2.45) is 0 Å². The molecule has 3 atom stereocenters. The highest BCUT2D eigenvalue weighted by Crippen LogP contribution is 2.21. The fraction of sp³-hybridized carbons (Fsp3) is 0.192. The van der Waals surface area contributed by atoms with Crippen LogP contribution in [0.2, 0.25) is 0 Å². The Morgan fingerprint density at radius 2 is 1.51 bits per heavy atom. The molecule has 4 N–H and O–H groups in total. The van der Waals surface area contributed by atoms with Crippen molar-refractivity contribution in [1.82, 2.24) is 10.3 Å². The van der Waals surface area contributed by atoms with E-state index in [1.54, 1.807) is 36.4 Å². The molecule has 0 aliphatic carbocycles. The number of rotatable bonds is 9. The second kappa shape index (κ2) is 12.2. The molecule has 1 aliphatic rings. The summed E-state index contributed by atoms with van der Waals surface area (Å²) in [6.45, 7) is -0.472. The van der Waals surface area contributed by atoms with Gasteiger partial charge in [0, 0.05) is 30.1 Å². The maximum Gasteiger partial charge on any atom is 0.326 e. The maximum absolute atomic E-state index is 13.9. The van der Waals surface area contributed by atoms with Gasteiger partial charge < -0.3 is 30.5 Å². The van der Waals surface area contributed by atoms with Gasteiger partial charge in [-0.2, -0.15) is 0 Å². The van der Waals surface area contributed by atoms with Crippen molar-refractivity contribution >= 4 is 35.1 Å². The summed E-state index contributed by atoms with van der Waals surface area (Å²) >= 11 is 0. The van der Waals surface area contributed by atoms with Gasteiger partial charge >= 0.3 is 5.97 Å². The molecule has 0 spiro atoms.